The predicted octanol–water partition coefficient (Wildman–Crippen LogP) is 1.14. The van der Waals surface area contributed by atoms with Crippen LogP contribution in [0.15, 0.2) is 35.2 Å². The molecule has 19 heavy (non-hydrogen) atoms. The van der Waals surface area contributed by atoms with Crippen molar-refractivity contribution in [3.63, 3.8) is 0 Å². The lowest BCUT2D eigenvalue weighted by atomic mass is 10.1. The Morgan fingerprint density at radius 3 is 2.42 bits per heavy atom. The van der Waals surface area contributed by atoms with E-state index >= 15 is 0 Å². The summed E-state index contributed by atoms with van der Waals surface area (Å²) in [5.41, 5.74) is 6.51. The highest BCUT2D eigenvalue weighted by atomic mass is 32.2. The molecule has 2 rings (SSSR count). The van der Waals surface area contributed by atoms with Crippen LogP contribution < -0.4 is 5.73 Å². The van der Waals surface area contributed by atoms with Crippen molar-refractivity contribution in [3.8, 4) is 11.3 Å². The zero-order valence-electron chi connectivity index (χ0n) is 10.2. The summed E-state index contributed by atoms with van der Waals surface area (Å²) in [5, 5.41) is 7.68. The van der Waals surface area contributed by atoms with Crippen LogP contribution in [0.3, 0.4) is 0 Å². The monoisotopic (exact) mass is 281 g/mol. The molecule has 0 bridgehead atoms. The van der Waals surface area contributed by atoms with Crippen molar-refractivity contribution in [3.05, 3.63) is 41.8 Å². The van der Waals surface area contributed by atoms with Gasteiger partial charge in [0.25, 0.3) is 0 Å². The lowest BCUT2D eigenvalue weighted by Crippen LogP contribution is -2.02. The molecule has 0 amide bonds. The van der Waals surface area contributed by atoms with Crippen molar-refractivity contribution in [2.24, 2.45) is 5.73 Å². The number of hydrogen-bond acceptors (Lipinski definition) is 5. The summed E-state index contributed by atoms with van der Waals surface area (Å²) in [6.07, 6.45) is 1.03. The molecule has 1 aromatic heterocycles. The van der Waals surface area contributed by atoms with Crippen LogP contribution in [-0.2, 0) is 16.4 Å². The second kappa shape index (κ2) is 5.02. The molecule has 0 aliphatic rings. The van der Waals surface area contributed by atoms with E-state index in [0.29, 0.717) is 11.4 Å². The maximum atomic E-state index is 13.9. The van der Waals surface area contributed by atoms with Crippen molar-refractivity contribution in [1.29, 1.82) is 0 Å². The van der Waals surface area contributed by atoms with E-state index in [1.165, 1.54) is 12.1 Å². The first-order valence-electron chi connectivity index (χ1n) is 5.44. The van der Waals surface area contributed by atoms with E-state index in [1.807, 2.05) is 0 Å². The molecule has 0 saturated carbocycles. The van der Waals surface area contributed by atoms with Gasteiger partial charge in [-0.1, -0.05) is 0 Å². The SMILES string of the molecule is CS(=O)(=O)c1ccc(-c2ccc(CN)nn2)c(F)c1. The van der Waals surface area contributed by atoms with Crippen LogP contribution in [0.25, 0.3) is 11.3 Å². The molecule has 0 radical (unpaired) electrons. The summed E-state index contributed by atoms with van der Waals surface area (Å²) in [6, 6.07) is 6.92. The summed E-state index contributed by atoms with van der Waals surface area (Å²) in [5.74, 6) is -0.655. The highest BCUT2D eigenvalue weighted by molar-refractivity contribution is 7.90. The first-order chi connectivity index (χ1) is 8.91. The summed E-state index contributed by atoms with van der Waals surface area (Å²) in [4.78, 5) is -0.0692. The fourth-order valence-corrected chi connectivity index (χ4v) is 2.18. The van der Waals surface area contributed by atoms with Gasteiger partial charge >= 0.3 is 0 Å². The maximum absolute atomic E-state index is 13.9. The van der Waals surface area contributed by atoms with Crippen molar-refractivity contribution in [2.45, 2.75) is 11.4 Å². The standard InChI is InChI=1S/C12H12FN3O2S/c1-19(17,18)9-3-4-10(11(13)6-9)12-5-2-8(7-14)15-16-12/h2-6H,7,14H2,1H3. The van der Waals surface area contributed by atoms with E-state index in [-0.39, 0.29) is 17.0 Å². The molecule has 2 N–H and O–H groups in total. The molecule has 0 aliphatic heterocycles. The Labute approximate surface area is 110 Å². The lowest BCUT2D eigenvalue weighted by molar-refractivity contribution is 0.596. The number of aromatic nitrogens is 2. The summed E-state index contributed by atoms with van der Waals surface area (Å²) >= 11 is 0. The van der Waals surface area contributed by atoms with Gasteiger partial charge in [0.15, 0.2) is 9.84 Å². The highest BCUT2D eigenvalue weighted by Crippen LogP contribution is 2.23. The first kappa shape index (κ1) is 13.6. The van der Waals surface area contributed by atoms with Crippen LogP contribution in [0.2, 0.25) is 0 Å². The minimum Gasteiger partial charge on any atom is -0.325 e. The first-order valence-corrected chi connectivity index (χ1v) is 7.33. The van der Waals surface area contributed by atoms with E-state index in [2.05, 4.69) is 10.2 Å². The van der Waals surface area contributed by atoms with Crippen molar-refractivity contribution in [2.75, 3.05) is 6.26 Å². The molecule has 0 atom stereocenters. The second-order valence-corrected chi connectivity index (χ2v) is 6.04. The average Bonchev–Trinajstić information content (AvgIpc) is 2.38. The van der Waals surface area contributed by atoms with Gasteiger partial charge < -0.3 is 5.73 Å². The molecule has 1 aromatic carbocycles. The second-order valence-electron chi connectivity index (χ2n) is 4.03. The molecular formula is C12H12FN3O2S. The molecule has 7 heteroatoms. The smallest absolute Gasteiger partial charge is 0.175 e. The molecule has 0 saturated heterocycles. The molecule has 0 unspecified atom stereocenters. The average molecular weight is 281 g/mol. The topological polar surface area (TPSA) is 85.9 Å². The fraction of sp³-hybridized carbons (Fsp3) is 0.167. The van der Waals surface area contributed by atoms with Gasteiger partial charge in [0.05, 0.1) is 16.3 Å². The largest absolute Gasteiger partial charge is 0.325 e. The summed E-state index contributed by atoms with van der Waals surface area (Å²) in [7, 11) is -3.43. The zero-order valence-corrected chi connectivity index (χ0v) is 11.0. The van der Waals surface area contributed by atoms with Crippen LogP contribution in [0.4, 0.5) is 4.39 Å². The van der Waals surface area contributed by atoms with E-state index in [1.54, 1.807) is 12.1 Å². The van der Waals surface area contributed by atoms with E-state index < -0.39 is 15.7 Å². The number of rotatable bonds is 3. The molecular weight excluding hydrogens is 269 g/mol. The number of hydrogen-bond donors (Lipinski definition) is 1. The van der Waals surface area contributed by atoms with Crippen LogP contribution >= 0.6 is 0 Å². The van der Waals surface area contributed by atoms with Gasteiger partial charge in [0, 0.05) is 18.4 Å². The Morgan fingerprint density at radius 1 is 1.21 bits per heavy atom. The predicted molar refractivity (Wildman–Crippen MR) is 68.4 cm³/mol. The third-order valence-corrected chi connectivity index (χ3v) is 3.68. The molecule has 0 aliphatic carbocycles. The molecule has 0 spiro atoms. The van der Waals surface area contributed by atoms with Gasteiger partial charge in [0.1, 0.15) is 5.82 Å². The van der Waals surface area contributed by atoms with Gasteiger partial charge in [-0.3, -0.25) is 0 Å². The minimum absolute atomic E-state index is 0.0692. The van der Waals surface area contributed by atoms with Gasteiger partial charge in [-0.15, -0.1) is 0 Å². The summed E-state index contributed by atoms with van der Waals surface area (Å²) in [6.45, 7) is 0.253. The fourth-order valence-electron chi connectivity index (χ4n) is 1.55. The third-order valence-electron chi connectivity index (χ3n) is 2.57. The molecule has 100 valence electrons. The number of halogens is 1. The molecule has 1 heterocycles. The van der Waals surface area contributed by atoms with E-state index in [9.17, 15) is 12.8 Å². The van der Waals surface area contributed by atoms with E-state index in [0.717, 1.165) is 12.3 Å². The molecule has 5 nitrogen and oxygen atoms in total. The van der Waals surface area contributed by atoms with Gasteiger partial charge in [-0.05, 0) is 30.3 Å². The van der Waals surface area contributed by atoms with Crippen LogP contribution in [-0.4, -0.2) is 24.9 Å². The number of nitrogens with zero attached hydrogens (tertiary/aromatic N) is 2. The number of nitrogens with two attached hydrogens (primary N) is 1. The molecule has 0 fully saturated rings. The maximum Gasteiger partial charge on any atom is 0.175 e. The minimum atomic E-state index is -3.43. The van der Waals surface area contributed by atoms with Crippen LogP contribution in [0.5, 0.6) is 0 Å². The van der Waals surface area contributed by atoms with Gasteiger partial charge in [-0.25, -0.2) is 12.8 Å². The Bertz CT molecular complexity index is 699. The van der Waals surface area contributed by atoms with Crippen LogP contribution in [0.1, 0.15) is 5.69 Å². The van der Waals surface area contributed by atoms with Crippen LogP contribution in [0, 0.1) is 5.82 Å². The van der Waals surface area contributed by atoms with Crippen molar-refractivity contribution < 1.29 is 12.8 Å². The normalized spacial score (nSPS) is 11.5. The van der Waals surface area contributed by atoms with E-state index in [4.69, 9.17) is 5.73 Å². The lowest BCUT2D eigenvalue weighted by Gasteiger charge is -2.05. The Hall–Kier alpha value is -1.86. The zero-order chi connectivity index (χ0) is 14.0. The van der Waals surface area contributed by atoms with Crippen molar-refractivity contribution in [1.82, 2.24) is 10.2 Å². The Kier molecular flexibility index (Phi) is 3.59. The quantitative estimate of drug-likeness (QED) is 0.912. The van der Waals surface area contributed by atoms with Gasteiger partial charge in [0.2, 0.25) is 0 Å². The van der Waals surface area contributed by atoms with Crippen molar-refractivity contribution >= 4 is 9.84 Å². The molecule has 2 aromatic rings. The van der Waals surface area contributed by atoms with Gasteiger partial charge in [-0.2, -0.15) is 10.2 Å². The number of benzene rings is 1. The highest BCUT2D eigenvalue weighted by Gasteiger charge is 2.13. The summed E-state index contributed by atoms with van der Waals surface area (Å²) < 4.78 is 36.5. The third kappa shape index (κ3) is 2.94. The number of sulfone groups is 1. The Morgan fingerprint density at radius 2 is 1.95 bits per heavy atom. The Balaban J connectivity index is 2.46.